The molecule has 0 spiro atoms. The van der Waals surface area contributed by atoms with Crippen LogP contribution in [0.2, 0.25) is 0 Å². The van der Waals surface area contributed by atoms with Gasteiger partial charge < -0.3 is 15.7 Å². The molecule has 0 saturated carbocycles. The molecule has 2 rings (SSSR count). The molecule has 2 amide bonds. The van der Waals surface area contributed by atoms with Crippen LogP contribution in [0.15, 0.2) is 48.5 Å². The molecule has 2 aromatic carbocycles. The molecular weight excluding hydrogens is 296 g/mol. The van der Waals surface area contributed by atoms with Crippen LogP contribution in [0, 0.1) is 0 Å². The van der Waals surface area contributed by atoms with E-state index in [1.165, 1.54) is 24.3 Å². The van der Waals surface area contributed by atoms with Crippen LogP contribution in [0.4, 0.5) is 11.4 Å². The molecule has 6 nitrogen and oxygen atoms in total. The number of aromatic carboxylic acids is 1. The SMILES string of the molecule is CCC(=O)Nc1ccccc1C(=O)Nc1ccc(C(=O)O)cc1. The molecule has 0 radical (unpaired) electrons. The fourth-order valence-corrected chi connectivity index (χ4v) is 1.92. The first kappa shape index (κ1) is 16.2. The molecule has 0 atom stereocenters. The van der Waals surface area contributed by atoms with Crippen molar-refractivity contribution in [2.24, 2.45) is 0 Å². The van der Waals surface area contributed by atoms with Crippen molar-refractivity contribution in [3.8, 4) is 0 Å². The van der Waals surface area contributed by atoms with Gasteiger partial charge in [-0.1, -0.05) is 19.1 Å². The average Bonchev–Trinajstić information content (AvgIpc) is 2.55. The molecule has 0 heterocycles. The van der Waals surface area contributed by atoms with Crippen molar-refractivity contribution in [2.75, 3.05) is 10.6 Å². The van der Waals surface area contributed by atoms with Crippen LogP contribution >= 0.6 is 0 Å². The van der Waals surface area contributed by atoms with E-state index in [0.29, 0.717) is 23.4 Å². The zero-order chi connectivity index (χ0) is 16.8. The average molecular weight is 312 g/mol. The predicted molar refractivity (Wildman–Crippen MR) is 86.7 cm³/mol. The Bertz CT molecular complexity index is 739. The Kier molecular flexibility index (Phi) is 5.09. The highest BCUT2D eigenvalue weighted by Crippen LogP contribution is 2.18. The molecule has 118 valence electrons. The summed E-state index contributed by atoms with van der Waals surface area (Å²) in [4.78, 5) is 34.7. The monoisotopic (exact) mass is 312 g/mol. The summed E-state index contributed by atoms with van der Waals surface area (Å²) in [5.74, 6) is -1.60. The van der Waals surface area contributed by atoms with E-state index in [9.17, 15) is 14.4 Å². The minimum atomic E-state index is -1.03. The van der Waals surface area contributed by atoms with Crippen LogP contribution in [0.25, 0.3) is 0 Å². The smallest absolute Gasteiger partial charge is 0.335 e. The van der Waals surface area contributed by atoms with Gasteiger partial charge in [0.2, 0.25) is 5.91 Å². The zero-order valence-corrected chi connectivity index (χ0v) is 12.5. The molecule has 3 N–H and O–H groups in total. The summed E-state index contributed by atoms with van der Waals surface area (Å²) in [7, 11) is 0. The Balaban J connectivity index is 2.17. The lowest BCUT2D eigenvalue weighted by Gasteiger charge is -2.11. The minimum Gasteiger partial charge on any atom is -0.478 e. The van der Waals surface area contributed by atoms with E-state index in [4.69, 9.17) is 5.11 Å². The van der Waals surface area contributed by atoms with Gasteiger partial charge in [0.05, 0.1) is 16.8 Å². The van der Waals surface area contributed by atoms with Gasteiger partial charge in [0.1, 0.15) is 0 Å². The third-order valence-corrected chi connectivity index (χ3v) is 3.16. The highest BCUT2D eigenvalue weighted by Gasteiger charge is 2.13. The number of carbonyl (C=O) groups excluding carboxylic acids is 2. The Morgan fingerprint density at radius 2 is 1.61 bits per heavy atom. The number of carboxylic acid groups (broad SMARTS) is 1. The molecule has 0 fully saturated rings. The lowest BCUT2D eigenvalue weighted by Crippen LogP contribution is -2.17. The fraction of sp³-hybridized carbons (Fsp3) is 0.118. The van der Waals surface area contributed by atoms with Crippen molar-refractivity contribution in [2.45, 2.75) is 13.3 Å². The maximum absolute atomic E-state index is 12.3. The molecule has 23 heavy (non-hydrogen) atoms. The lowest BCUT2D eigenvalue weighted by molar-refractivity contribution is -0.115. The van der Waals surface area contributed by atoms with Crippen molar-refractivity contribution in [1.29, 1.82) is 0 Å². The van der Waals surface area contributed by atoms with E-state index in [2.05, 4.69) is 10.6 Å². The molecule has 6 heteroatoms. The highest BCUT2D eigenvalue weighted by atomic mass is 16.4. The van der Waals surface area contributed by atoms with Gasteiger partial charge in [0.25, 0.3) is 5.91 Å². The van der Waals surface area contributed by atoms with Crippen molar-refractivity contribution in [3.05, 3.63) is 59.7 Å². The topological polar surface area (TPSA) is 95.5 Å². The first-order valence-corrected chi connectivity index (χ1v) is 7.05. The maximum atomic E-state index is 12.3. The summed E-state index contributed by atoms with van der Waals surface area (Å²) >= 11 is 0. The van der Waals surface area contributed by atoms with Gasteiger partial charge in [-0.15, -0.1) is 0 Å². The molecule has 2 aromatic rings. The number of amides is 2. The molecule has 0 aliphatic carbocycles. The van der Waals surface area contributed by atoms with E-state index in [1.807, 2.05) is 0 Å². The first-order valence-electron chi connectivity index (χ1n) is 7.05. The number of hydrogen-bond acceptors (Lipinski definition) is 3. The van der Waals surface area contributed by atoms with Gasteiger partial charge >= 0.3 is 5.97 Å². The van der Waals surface area contributed by atoms with Crippen LogP contribution in [0.1, 0.15) is 34.1 Å². The summed E-state index contributed by atoms with van der Waals surface area (Å²) in [5.41, 5.74) is 1.37. The molecule has 0 aliphatic heterocycles. The van der Waals surface area contributed by atoms with Crippen molar-refractivity contribution >= 4 is 29.2 Å². The second kappa shape index (κ2) is 7.22. The van der Waals surface area contributed by atoms with Gasteiger partial charge in [-0.05, 0) is 36.4 Å². The van der Waals surface area contributed by atoms with Crippen molar-refractivity contribution < 1.29 is 19.5 Å². The van der Waals surface area contributed by atoms with Crippen LogP contribution in [-0.2, 0) is 4.79 Å². The summed E-state index contributed by atoms with van der Waals surface area (Å²) in [6.45, 7) is 1.72. The van der Waals surface area contributed by atoms with E-state index in [0.717, 1.165) is 0 Å². The van der Waals surface area contributed by atoms with Gasteiger partial charge in [-0.3, -0.25) is 9.59 Å². The Morgan fingerprint density at radius 3 is 2.22 bits per heavy atom. The van der Waals surface area contributed by atoms with Gasteiger partial charge in [0, 0.05) is 12.1 Å². The number of para-hydroxylation sites is 1. The Hall–Kier alpha value is -3.15. The molecule has 0 unspecified atom stereocenters. The maximum Gasteiger partial charge on any atom is 0.335 e. The largest absolute Gasteiger partial charge is 0.478 e. The first-order chi connectivity index (χ1) is 11.0. The predicted octanol–water partition coefficient (Wildman–Crippen LogP) is 2.99. The number of carboxylic acids is 1. The summed E-state index contributed by atoms with van der Waals surface area (Å²) < 4.78 is 0. The quantitative estimate of drug-likeness (QED) is 0.791. The van der Waals surface area contributed by atoms with Gasteiger partial charge in [-0.25, -0.2) is 4.79 Å². The third kappa shape index (κ3) is 4.16. The van der Waals surface area contributed by atoms with Crippen LogP contribution < -0.4 is 10.6 Å². The molecule has 0 bridgehead atoms. The normalized spacial score (nSPS) is 9.96. The lowest BCUT2D eigenvalue weighted by atomic mass is 10.1. The number of anilines is 2. The molecule has 0 aromatic heterocycles. The number of nitrogens with one attached hydrogen (secondary N) is 2. The van der Waals surface area contributed by atoms with Crippen molar-refractivity contribution in [1.82, 2.24) is 0 Å². The minimum absolute atomic E-state index is 0.138. The van der Waals surface area contributed by atoms with Crippen LogP contribution in [0.3, 0.4) is 0 Å². The van der Waals surface area contributed by atoms with Crippen molar-refractivity contribution in [3.63, 3.8) is 0 Å². The third-order valence-electron chi connectivity index (χ3n) is 3.16. The summed E-state index contributed by atoms with van der Waals surface area (Å²) in [5, 5.41) is 14.2. The van der Waals surface area contributed by atoms with Gasteiger partial charge in [-0.2, -0.15) is 0 Å². The number of carbonyl (C=O) groups is 3. The van der Waals surface area contributed by atoms with E-state index in [-0.39, 0.29) is 17.4 Å². The zero-order valence-electron chi connectivity index (χ0n) is 12.5. The number of benzene rings is 2. The summed E-state index contributed by atoms with van der Waals surface area (Å²) in [6, 6.07) is 12.5. The summed E-state index contributed by atoms with van der Waals surface area (Å²) in [6.07, 6.45) is 0.312. The Labute approximate surface area is 133 Å². The van der Waals surface area contributed by atoms with E-state index in [1.54, 1.807) is 31.2 Å². The second-order valence-corrected chi connectivity index (χ2v) is 4.78. The molecule has 0 saturated heterocycles. The van der Waals surface area contributed by atoms with Crippen LogP contribution in [0.5, 0.6) is 0 Å². The highest BCUT2D eigenvalue weighted by molar-refractivity contribution is 6.10. The standard InChI is InChI=1S/C17H16N2O4/c1-2-15(20)19-14-6-4-3-5-13(14)16(21)18-12-9-7-11(8-10-12)17(22)23/h3-10H,2H2,1H3,(H,18,21)(H,19,20)(H,22,23). The number of hydrogen-bond donors (Lipinski definition) is 3. The fourth-order valence-electron chi connectivity index (χ4n) is 1.92. The van der Waals surface area contributed by atoms with E-state index >= 15 is 0 Å². The molecular formula is C17H16N2O4. The van der Waals surface area contributed by atoms with E-state index < -0.39 is 5.97 Å². The van der Waals surface area contributed by atoms with Crippen LogP contribution in [-0.4, -0.2) is 22.9 Å². The Morgan fingerprint density at radius 1 is 0.957 bits per heavy atom. The number of rotatable bonds is 5. The van der Waals surface area contributed by atoms with Gasteiger partial charge in [0.15, 0.2) is 0 Å². The molecule has 0 aliphatic rings. The second-order valence-electron chi connectivity index (χ2n) is 4.78.